The number of hydrogen-bond donors (Lipinski definition) is 1. The predicted octanol–water partition coefficient (Wildman–Crippen LogP) is 7.97. The first-order valence-corrected chi connectivity index (χ1v) is 11.1. The van der Waals surface area contributed by atoms with Gasteiger partial charge >= 0.3 is 7.12 Å². The summed E-state index contributed by atoms with van der Waals surface area (Å²) >= 11 is 9.08. The van der Waals surface area contributed by atoms with Gasteiger partial charge in [0.05, 0.1) is 16.9 Å². The highest BCUT2D eigenvalue weighted by Crippen LogP contribution is 2.36. The summed E-state index contributed by atoms with van der Waals surface area (Å²) in [6.45, 7) is 15.1. The molecule has 0 atom stereocenters. The number of hydrogen-bond acceptors (Lipinski definition) is 5. The Bertz CT molecular complexity index is 887. The molecule has 0 radical (unpaired) electrons. The van der Waals surface area contributed by atoms with Gasteiger partial charge in [0, 0.05) is 21.3 Å². The second-order valence-electron chi connectivity index (χ2n) is 7.01. The van der Waals surface area contributed by atoms with Crippen molar-refractivity contribution in [2.45, 2.75) is 46.3 Å². The molecule has 3 heterocycles. The lowest BCUT2D eigenvalue weighted by molar-refractivity contribution is 0.00578. The van der Waals surface area contributed by atoms with Crippen LogP contribution in [0.4, 0.5) is 8.78 Å². The molecule has 0 aromatic carbocycles. The Hall–Kier alpha value is -0.975. The van der Waals surface area contributed by atoms with Crippen LogP contribution in [0.25, 0.3) is 6.08 Å². The Morgan fingerprint density at radius 2 is 1.34 bits per heavy atom. The molecule has 0 bridgehead atoms. The van der Waals surface area contributed by atoms with Crippen LogP contribution in [0.3, 0.4) is 0 Å². The maximum Gasteiger partial charge on any atom is 0.486 e. The second-order valence-corrected chi connectivity index (χ2v) is 9.59. The number of halogens is 5. The number of pyridine rings is 2. The van der Waals surface area contributed by atoms with Gasteiger partial charge in [0.1, 0.15) is 10.4 Å². The minimum Gasteiger partial charge on any atom is -0.400 e. The Morgan fingerprint density at radius 3 is 1.66 bits per heavy atom. The fourth-order valence-corrected chi connectivity index (χ4v) is 2.78. The summed E-state index contributed by atoms with van der Waals surface area (Å²) in [6.07, 6.45) is 4.43. The largest absolute Gasteiger partial charge is 0.486 e. The van der Waals surface area contributed by atoms with Crippen molar-refractivity contribution in [3.63, 3.8) is 0 Å². The topological polar surface area (TPSA) is 79.2 Å². The molecule has 5 nitrogen and oxygen atoms in total. The van der Waals surface area contributed by atoms with E-state index in [1.54, 1.807) is 5.98 Å². The van der Waals surface area contributed by atoms with Crippen LogP contribution in [0.15, 0.2) is 57.2 Å². The van der Waals surface area contributed by atoms with Crippen LogP contribution in [0.5, 0.6) is 0 Å². The van der Waals surface area contributed by atoms with Gasteiger partial charge in [-0.2, -0.15) is 0 Å². The number of nitrogens with zero attached hydrogens (tertiary/aromatic N) is 2. The van der Waals surface area contributed by atoms with Gasteiger partial charge in [0.25, 0.3) is 0 Å². The molecule has 1 fully saturated rings. The van der Waals surface area contributed by atoms with Crippen LogP contribution in [-0.4, -0.2) is 28.3 Å². The average molecular weight is 644 g/mol. The van der Waals surface area contributed by atoms with Crippen LogP contribution in [0.2, 0.25) is 0 Å². The summed E-state index contributed by atoms with van der Waals surface area (Å²) in [5, 5.41) is 0. The Morgan fingerprint density at radius 1 is 0.906 bits per heavy atom. The third-order valence-corrected chi connectivity index (χ3v) is 5.71. The van der Waals surface area contributed by atoms with E-state index >= 15 is 0 Å². The summed E-state index contributed by atoms with van der Waals surface area (Å²) in [4.78, 5) is 7.43. The smallest absolute Gasteiger partial charge is 0.400 e. The highest BCUT2D eigenvalue weighted by Gasteiger charge is 2.49. The zero-order valence-corrected chi connectivity index (χ0v) is 22.5. The van der Waals surface area contributed by atoms with Crippen molar-refractivity contribution in [3.05, 3.63) is 74.5 Å². The first-order valence-electron chi connectivity index (χ1n) is 8.71. The van der Waals surface area contributed by atoms with Crippen LogP contribution in [0.1, 0.15) is 40.8 Å². The molecule has 3 rings (SSSR count). The Labute approximate surface area is 215 Å². The monoisotopic (exact) mass is 641 g/mol. The Kier molecular flexibility index (Phi) is 14.9. The zero-order chi connectivity index (χ0) is 23.1. The highest BCUT2D eigenvalue weighted by molar-refractivity contribution is 9.11. The van der Waals surface area contributed by atoms with Crippen molar-refractivity contribution >= 4 is 61.0 Å². The van der Waals surface area contributed by atoms with Crippen molar-refractivity contribution in [1.82, 2.24) is 16.1 Å². The number of aromatic nitrogens is 2. The van der Waals surface area contributed by atoms with Crippen LogP contribution >= 0.6 is 47.8 Å². The van der Waals surface area contributed by atoms with Gasteiger partial charge in [-0.25, -0.2) is 13.8 Å². The van der Waals surface area contributed by atoms with Gasteiger partial charge in [-0.1, -0.05) is 20.0 Å². The van der Waals surface area contributed by atoms with E-state index in [1.807, 2.05) is 27.7 Å². The molecule has 1 aliphatic heterocycles. The molecule has 0 spiro atoms. The van der Waals surface area contributed by atoms with Crippen LogP contribution in [0, 0.1) is 11.6 Å². The average Bonchev–Trinajstić information content (AvgIpc) is 2.87. The third-order valence-electron chi connectivity index (χ3n) is 4.26. The Balaban J connectivity index is 0. The van der Waals surface area contributed by atoms with Gasteiger partial charge in [-0.05, 0) is 93.7 Å². The van der Waals surface area contributed by atoms with Crippen molar-refractivity contribution in [2.75, 3.05) is 0 Å². The normalized spacial score (nSPS) is 15.0. The molecular weight excluding hydrogens is 615 g/mol. The summed E-state index contributed by atoms with van der Waals surface area (Å²) in [5.41, 5.74) is -0.180. The zero-order valence-electron chi connectivity index (χ0n) is 17.8. The lowest BCUT2D eigenvalue weighted by Crippen LogP contribution is -2.41. The summed E-state index contributed by atoms with van der Waals surface area (Å²) in [7, 11) is -0.250. The fourth-order valence-electron chi connectivity index (χ4n) is 1.96. The molecule has 0 unspecified atom stereocenters. The van der Waals surface area contributed by atoms with Crippen LogP contribution < -0.4 is 6.15 Å². The maximum atomic E-state index is 12.7. The predicted molar refractivity (Wildman–Crippen MR) is 140 cm³/mol. The van der Waals surface area contributed by atoms with Crippen molar-refractivity contribution in [3.8, 4) is 0 Å². The van der Waals surface area contributed by atoms with Crippen LogP contribution in [-0.2, 0) is 9.31 Å². The van der Waals surface area contributed by atoms with Crippen molar-refractivity contribution in [1.29, 1.82) is 0 Å². The molecule has 0 saturated carbocycles. The second kappa shape index (κ2) is 14.3. The van der Waals surface area contributed by atoms with Gasteiger partial charge < -0.3 is 15.5 Å². The first kappa shape index (κ1) is 33.2. The van der Waals surface area contributed by atoms with E-state index in [0.717, 1.165) is 0 Å². The molecule has 2 aromatic heterocycles. The van der Waals surface area contributed by atoms with E-state index < -0.39 is 0 Å². The quantitative estimate of drug-likeness (QED) is 0.265. The van der Waals surface area contributed by atoms with E-state index in [1.165, 1.54) is 30.6 Å². The molecule has 3 N–H and O–H groups in total. The minimum absolute atomic E-state index is 0. The van der Waals surface area contributed by atoms with Gasteiger partial charge in [-0.15, -0.1) is 6.58 Å². The third kappa shape index (κ3) is 9.88. The van der Waals surface area contributed by atoms with Crippen molar-refractivity contribution < 1.29 is 18.1 Å². The molecule has 0 aliphatic carbocycles. The summed E-state index contributed by atoms with van der Waals surface area (Å²) < 4.78 is 37.8. The molecule has 1 aliphatic rings. The first-order chi connectivity index (χ1) is 13.8. The molecule has 32 heavy (non-hydrogen) atoms. The summed E-state index contributed by atoms with van der Waals surface area (Å²) in [6, 6.07) is 2.70. The standard InChI is InChI=1S/C8H15BO2.C7H5BrFN.C5H2Br2FN.CH4.H3N/c1-6-9-10-7(2,3)8(4,5)11-9;1-2-7-6(9)3-5(8)4-10-7;6-3-1-4(8)5(7)9-2-3;;/h6H,1H2,2-5H3;2-4H,1H2;1-2H;1H4;1H3. The van der Waals surface area contributed by atoms with E-state index in [9.17, 15) is 8.78 Å². The maximum absolute atomic E-state index is 12.7. The summed E-state index contributed by atoms with van der Waals surface area (Å²) in [5.74, 6) is 0.963. The molecule has 11 heteroatoms. The highest BCUT2D eigenvalue weighted by atomic mass is 79.9. The lowest BCUT2D eigenvalue weighted by atomic mass is 9.90. The van der Waals surface area contributed by atoms with E-state index in [-0.39, 0.29) is 53.8 Å². The number of rotatable bonds is 2. The fraction of sp³-hybridized carbons (Fsp3) is 0.333. The van der Waals surface area contributed by atoms with Gasteiger partial charge in [-0.3, -0.25) is 4.98 Å². The molecule has 2 aromatic rings. The molecule has 0 amide bonds. The van der Waals surface area contributed by atoms with E-state index in [2.05, 4.69) is 70.9 Å². The minimum atomic E-state index is -0.357. The van der Waals surface area contributed by atoms with Crippen molar-refractivity contribution in [2.24, 2.45) is 0 Å². The molecular formula is C21H29BBr3F2N3O2. The molecule has 1 saturated heterocycles. The van der Waals surface area contributed by atoms with E-state index in [4.69, 9.17) is 9.31 Å². The van der Waals surface area contributed by atoms with E-state index in [0.29, 0.717) is 8.95 Å². The molecule has 178 valence electrons. The SMILES string of the molecule is C.C=CB1OC(C)(C)C(C)(C)O1.C=Cc1ncc(Br)cc1F.Fc1cc(Br)cnc1Br.N. The lowest BCUT2D eigenvalue weighted by Gasteiger charge is -2.32. The van der Waals surface area contributed by atoms with Gasteiger partial charge in [0.15, 0.2) is 5.82 Å². The van der Waals surface area contributed by atoms with Gasteiger partial charge in [0.2, 0.25) is 0 Å².